The molecule has 92 heavy (non-hydrogen) atoms. The number of ether oxygens (including phenoxy) is 6. The molecule has 17 atom stereocenters. The third-order valence-electron chi connectivity index (χ3n) is 18.1. The average molecular weight is 1310 g/mol. The monoisotopic (exact) mass is 1310 g/mol. The van der Waals surface area contributed by atoms with Crippen molar-refractivity contribution in [1.82, 2.24) is 5.32 Å². The molecule has 3 aliphatic rings. The van der Waals surface area contributed by atoms with Crippen molar-refractivity contribution >= 4 is 5.91 Å². The van der Waals surface area contributed by atoms with Gasteiger partial charge in [-0.15, -0.1) is 0 Å². The zero-order valence-electron chi connectivity index (χ0n) is 56.8. The Morgan fingerprint density at radius 1 is 0.402 bits per heavy atom. The summed E-state index contributed by atoms with van der Waals surface area (Å²) >= 11 is 0. The van der Waals surface area contributed by atoms with Gasteiger partial charge < -0.3 is 89.9 Å². The summed E-state index contributed by atoms with van der Waals surface area (Å²) in [4.78, 5) is 13.5. The molecule has 0 saturated carbocycles. The number of aliphatic hydroxyl groups excluding tert-OH is 11. The Morgan fingerprint density at radius 2 is 0.750 bits per heavy atom. The topological polar surface area (TPSA) is 307 Å². The number of rotatable bonds is 56. The molecule has 3 rings (SSSR count). The van der Waals surface area contributed by atoms with Gasteiger partial charge in [-0.05, 0) is 57.8 Å². The fourth-order valence-corrected chi connectivity index (χ4v) is 12.2. The maximum atomic E-state index is 13.5. The summed E-state index contributed by atoms with van der Waals surface area (Å²) in [7, 11) is 0. The molecule has 1 amide bonds. The lowest BCUT2D eigenvalue weighted by molar-refractivity contribution is -0.379. The van der Waals surface area contributed by atoms with Gasteiger partial charge in [0.05, 0.1) is 38.6 Å². The normalized spacial score (nSPS) is 28.0. The Bertz CT molecular complexity index is 1900. The van der Waals surface area contributed by atoms with Gasteiger partial charge in [-0.25, -0.2) is 0 Å². The predicted molar refractivity (Wildman–Crippen MR) is 360 cm³/mol. The molecule has 3 aliphatic heterocycles. The van der Waals surface area contributed by atoms with Crippen LogP contribution in [0.3, 0.4) is 0 Å². The molecular weight excluding hydrogens is 1180 g/mol. The van der Waals surface area contributed by atoms with E-state index in [4.69, 9.17) is 28.4 Å². The molecule has 3 heterocycles. The van der Waals surface area contributed by atoms with E-state index in [1.54, 1.807) is 0 Å². The minimum absolute atomic E-state index is 0.251. The van der Waals surface area contributed by atoms with Crippen molar-refractivity contribution in [2.75, 3.05) is 26.4 Å². The highest BCUT2D eigenvalue weighted by molar-refractivity contribution is 5.76. The lowest BCUT2D eigenvalue weighted by Gasteiger charge is -2.48. The Balaban J connectivity index is 1.42. The van der Waals surface area contributed by atoms with E-state index in [-0.39, 0.29) is 18.9 Å². The van der Waals surface area contributed by atoms with E-state index in [2.05, 4.69) is 79.9 Å². The standard InChI is InChI=1S/C73H131NO18/c1-3-5-7-9-11-13-15-17-19-21-23-25-27-29-30-32-34-36-38-40-42-44-46-48-50-57(78)56(74-61(79)51-49-47-45-43-41-39-37-35-33-31-28-26-24-22-20-18-16-14-12-10-8-6-4-2)55-87-71-67(85)64(82)69(59(53-76)89-71)92-73-68(86)65(83)70(60(54-77)90-73)91-72-66(84)63(81)62(80)58(52-75)88-72/h6,8,12,14,18,20,24,26,31,33,56-60,62-73,75-78,80-86H,3-5,7,9-11,13,15-17,19,21-23,25,27-30,32,34-55H2,1-2H3,(H,74,79)/b8-6-,14-12-,20-18-,26-24-,33-31-. The fourth-order valence-electron chi connectivity index (χ4n) is 12.2. The van der Waals surface area contributed by atoms with Crippen molar-refractivity contribution in [3.05, 3.63) is 60.8 Å². The first-order valence-corrected chi connectivity index (χ1v) is 36.5. The number of hydrogen-bond acceptors (Lipinski definition) is 18. The molecule has 536 valence electrons. The summed E-state index contributed by atoms with van der Waals surface area (Å²) < 4.78 is 34.5. The second-order valence-corrected chi connectivity index (χ2v) is 26.0. The van der Waals surface area contributed by atoms with Crippen LogP contribution >= 0.6 is 0 Å². The Hall–Kier alpha value is -2.51. The SMILES string of the molecule is CC/C=C\C/C=C\C/C=C\C/C=C\C/C=C\CCCCCCCCCC(=O)NC(COC1OC(CO)C(OC2OC(CO)C(OC3OC(CO)C(O)C(O)C3O)C(O)C2O)C(O)C1O)C(O)CCCCCCCCCCCCCCCCCCCCCCCCCC. The Morgan fingerprint density at radius 3 is 1.17 bits per heavy atom. The van der Waals surface area contributed by atoms with Crippen molar-refractivity contribution in [3.8, 4) is 0 Å². The van der Waals surface area contributed by atoms with E-state index < -0.39 is 124 Å². The second-order valence-electron chi connectivity index (χ2n) is 26.0. The highest BCUT2D eigenvalue weighted by Crippen LogP contribution is 2.33. The molecule has 0 bridgehead atoms. The predicted octanol–water partition coefficient (Wildman–Crippen LogP) is 10.3. The van der Waals surface area contributed by atoms with Crippen LogP contribution in [0.4, 0.5) is 0 Å². The number of unbranched alkanes of at least 4 members (excludes halogenated alkanes) is 30. The van der Waals surface area contributed by atoms with Crippen LogP contribution in [0.2, 0.25) is 0 Å². The third kappa shape index (κ3) is 35.7. The largest absolute Gasteiger partial charge is 0.394 e. The van der Waals surface area contributed by atoms with Crippen molar-refractivity contribution in [2.24, 2.45) is 0 Å². The molecule has 12 N–H and O–H groups in total. The lowest BCUT2D eigenvalue weighted by atomic mass is 9.96. The number of allylic oxidation sites excluding steroid dienone is 10. The Labute approximate surface area is 554 Å². The first kappa shape index (κ1) is 83.7. The quantitative estimate of drug-likeness (QED) is 0.0199. The van der Waals surface area contributed by atoms with Crippen LogP contribution < -0.4 is 5.32 Å². The summed E-state index contributed by atoms with van der Waals surface area (Å²) in [6, 6.07) is -0.898. The first-order chi connectivity index (χ1) is 44.8. The van der Waals surface area contributed by atoms with Gasteiger partial charge in [0.15, 0.2) is 18.9 Å². The highest BCUT2D eigenvalue weighted by Gasteiger charge is 2.53. The van der Waals surface area contributed by atoms with Crippen molar-refractivity contribution in [2.45, 2.75) is 369 Å². The highest BCUT2D eigenvalue weighted by atomic mass is 16.8. The molecule has 19 nitrogen and oxygen atoms in total. The number of hydrogen-bond donors (Lipinski definition) is 12. The summed E-state index contributed by atoms with van der Waals surface area (Å²) in [5.41, 5.74) is 0. The minimum atomic E-state index is -1.98. The van der Waals surface area contributed by atoms with Gasteiger partial charge >= 0.3 is 0 Å². The maximum absolute atomic E-state index is 13.5. The van der Waals surface area contributed by atoms with E-state index in [0.717, 1.165) is 103 Å². The number of nitrogens with one attached hydrogen (secondary N) is 1. The van der Waals surface area contributed by atoms with Gasteiger partial charge in [0.25, 0.3) is 0 Å². The number of carbonyl (C=O) groups excluding carboxylic acids is 1. The number of carbonyl (C=O) groups is 1. The smallest absolute Gasteiger partial charge is 0.220 e. The van der Waals surface area contributed by atoms with Gasteiger partial charge in [-0.3, -0.25) is 4.79 Å². The molecule has 3 saturated heterocycles. The fraction of sp³-hybridized carbons (Fsp3) is 0.849. The average Bonchev–Trinajstić information content (AvgIpc) is 0.838. The molecule has 0 aromatic heterocycles. The summed E-state index contributed by atoms with van der Waals surface area (Å²) in [5.74, 6) is -0.253. The summed E-state index contributed by atoms with van der Waals surface area (Å²) in [6.07, 6.45) is 40.0. The molecule has 0 spiro atoms. The number of amides is 1. The molecule has 19 heteroatoms. The molecule has 0 aromatic rings. The zero-order valence-corrected chi connectivity index (χ0v) is 56.8. The van der Waals surface area contributed by atoms with Crippen LogP contribution in [0.15, 0.2) is 60.8 Å². The summed E-state index contributed by atoms with van der Waals surface area (Å²) in [6.45, 7) is 1.70. The van der Waals surface area contributed by atoms with Crippen molar-refractivity contribution < 1.29 is 89.4 Å². The van der Waals surface area contributed by atoms with Crippen LogP contribution in [-0.2, 0) is 33.2 Å². The van der Waals surface area contributed by atoms with Crippen molar-refractivity contribution in [3.63, 3.8) is 0 Å². The van der Waals surface area contributed by atoms with E-state index in [1.807, 2.05) is 0 Å². The van der Waals surface area contributed by atoms with Crippen LogP contribution in [-0.4, -0.2) is 193 Å². The van der Waals surface area contributed by atoms with E-state index in [0.29, 0.717) is 12.8 Å². The first-order valence-electron chi connectivity index (χ1n) is 36.5. The second kappa shape index (κ2) is 54.5. The molecule has 3 fully saturated rings. The van der Waals surface area contributed by atoms with Gasteiger partial charge in [-0.1, -0.05) is 261 Å². The van der Waals surface area contributed by atoms with Gasteiger partial charge in [0, 0.05) is 6.42 Å². The van der Waals surface area contributed by atoms with Gasteiger partial charge in [0.1, 0.15) is 73.2 Å². The molecule has 17 unspecified atom stereocenters. The van der Waals surface area contributed by atoms with Crippen molar-refractivity contribution in [1.29, 1.82) is 0 Å². The van der Waals surface area contributed by atoms with E-state index >= 15 is 0 Å². The lowest BCUT2D eigenvalue weighted by Crippen LogP contribution is -2.66. The third-order valence-corrected chi connectivity index (χ3v) is 18.1. The zero-order chi connectivity index (χ0) is 66.8. The molecular formula is C73H131NO18. The van der Waals surface area contributed by atoms with Crippen LogP contribution in [0.25, 0.3) is 0 Å². The maximum Gasteiger partial charge on any atom is 0.220 e. The minimum Gasteiger partial charge on any atom is -0.394 e. The van der Waals surface area contributed by atoms with Crippen LogP contribution in [0.1, 0.15) is 264 Å². The van der Waals surface area contributed by atoms with E-state index in [9.17, 15) is 61.0 Å². The number of aliphatic hydroxyl groups is 11. The van der Waals surface area contributed by atoms with Crippen LogP contribution in [0, 0.1) is 0 Å². The molecule has 0 aliphatic carbocycles. The summed E-state index contributed by atoms with van der Waals surface area (Å²) in [5, 5.41) is 121. The molecule has 0 radical (unpaired) electrons. The Kier molecular flexibility index (Phi) is 49.6. The van der Waals surface area contributed by atoms with E-state index in [1.165, 1.54) is 128 Å². The van der Waals surface area contributed by atoms with Gasteiger partial charge in [-0.2, -0.15) is 0 Å². The van der Waals surface area contributed by atoms with Crippen LogP contribution in [0.5, 0.6) is 0 Å². The van der Waals surface area contributed by atoms with Gasteiger partial charge in [0.2, 0.25) is 5.91 Å². The molecule has 0 aromatic carbocycles.